The molecule has 0 aliphatic heterocycles. The van der Waals surface area contributed by atoms with Crippen molar-refractivity contribution in [3.8, 4) is 0 Å². The highest BCUT2D eigenvalue weighted by Crippen LogP contribution is 2.75. The lowest BCUT2D eigenvalue weighted by Gasteiger charge is -2.71. The highest BCUT2D eigenvalue weighted by atomic mass is 16.2. The standard InChI is InChI=1S/C36H51NO2/c1-23-15-20-36(31(39)37-25-11-9-8-10-12-25)22-21-34(6)26(30(36)24(23)2)13-14-28-33(5)18-17-29(38)32(3,4)27(33)16-19-35(28,34)7/h8-13,23-24,27-28,30H,14-22H2,1-7H3,(H,37,39)/t23-,24+,27+,28-,30?,33+,34-,35-,36+/m1/s1. The van der Waals surface area contributed by atoms with E-state index in [9.17, 15) is 9.59 Å². The molecule has 3 nitrogen and oxygen atoms in total. The van der Waals surface area contributed by atoms with E-state index in [1.54, 1.807) is 5.57 Å². The fourth-order valence-electron chi connectivity index (χ4n) is 11.5. The summed E-state index contributed by atoms with van der Waals surface area (Å²) in [6.07, 6.45) is 12.1. The van der Waals surface area contributed by atoms with E-state index in [4.69, 9.17) is 0 Å². The van der Waals surface area contributed by atoms with Gasteiger partial charge in [-0.2, -0.15) is 0 Å². The van der Waals surface area contributed by atoms with E-state index in [2.05, 4.69) is 59.9 Å². The first-order chi connectivity index (χ1) is 18.3. The van der Waals surface area contributed by atoms with Gasteiger partial charge in [-0.15, -0.1) is 0 Å². The van der Waals surface area contributed by atoms with E-state index in [0.29, 0.717) is 35.4 Å². The van der Waals surface area contributed by atoms with Crippen molar-refractivity contribution >= 4 is 17.4 Å². The van der Waals surface area contributed by atoms with Crippen LogP contribution in [0, 0.1) is 56.7 Å². The van der Waals surface area contributed by atoms with Crippen LogP contribution in [0.4, 0.5) is 5.69 Å². The first-order valence-electron chi connectivity index (χ1n) is 15.9. The third-order valence-electron chi connectivity index (χ3n) is 14.2. The van der Waals surface area contributed by atoms with Crippen molar-refractivity contribution in [3.05, 3.63) is 42.0 Å². The SMILES string of the molecule is C[C@@H]1CC[C@]2(C(=O)Nc3ccccc3)CC[C@]3(C)C(=CC[C@@H]4[C@@]5(C)CCC(=O)C(C)(C)[C@@H]5CC[C@]43C)C2[C@H]1C. The molecule has 6 rings (SSSR count). The van der Waals surface area contributed by atoms with Crippen LogP contribution in [0.25, 0.3) is 0 Å². The number of ketones is 1. The minimum atomic E-state index is -0.323. The molecule has 0 heterocycles. The average Bonchev–Trinajstić information content (AvgIpc) is 2.89. The molecule has 39 heavy (non-hydrogen) atoms. The molecule has 9 atom stereocenters. The van der Waals surface area contributed by atoms with E-state index in [0.717, 1.165) is 57.1 Å². The van der Waals surface area contributed by atoms with Gasteiger partial charge in [-0.3, -0.25) is 9.59 Å². The first kappa shape index (κ1) is 27.3. The number of nitrogens with one attached hydrogen (secondary N) is 1. The summed E-state index contributed by atoms with van der Waals surface area (Å²) in [6, 6.07) is 10.1. The van der Waals surface area contributed by atoms with Gasteiger partial charge < -0.3 is 5.32 Å². The highest BCUT2D eigenvalue weighted by Gasteiger charge is 2.69. The number of rotatable bonds is 2. The van der Waals surface area contributed by atoms with Gasteiger partial charge in [0.2, 0.25) is 5.91 Å². The molecular formula is C36H51NO2. The average molecular weight is 530 g/mol. The van der Waals surface area contributed by atoms with Crippen LogP contribution >= 0.6 is 0 Å². The molecule has 5 aliphatic rings. The number of carbonyl (C=O) groups excluding carboxylic acids is 2. The van der Waals surface area contributed by atoms with Crippen LogP contribution in [0.5, 0.6) is 0 Å². The van der Waals surface area contributed by atoms with Gasteiger partial charge in [0.15, 0.2) is 0 Å². The zero-order valence-electron chi connectivity index (χ0n) is 25.5. The number of hydrogen-bond acceptors (Lipinski definition) is 2. The molecule has 1 unspecified atom stereocenters. The summed E-state index contributed by atoms with van der Waals surface area (Å²) in [7, 11) is 0. The van der Waals surface area contributed by atoms with Gasteiger partial charge in [0, 0.05) is 17.5 Å². The van der Waals surface area contributed by atoms with Crippen molar-refractivity contribution in [1.29, 1.82) is 0 Å². The summed E-state index contributed by atoms with van der Waals surface area (Å²) < 4.78 is 0. The Morgan fingerprint density at radius 2 is 1.59 bits per heavy atom. The lowest BCUT2D eigenvalue weighted by atomic mass is 9.33. The van der Waals surface area contributed by atoms with Gasteiger partial charge >= 0.3 is 0 Å². The first-order valence-corrected chi connectivity index (χ1v) is 15.9. The Morgan fingerprint density at radius 3 is 2.31 bits per heavy atom. The molecule has 0 spiro atoms. The summed E-state index contributed by atoms with van der Waals surface area (Å²) in [5.41, 5.74) is 2.48. The van der Waals surface area contributed by atoms with Crippen molar-refractivity contribution in [3.63, 3.8) is 0 Å². The molecule has 5 aliphatic carbocycles. The van der Waals surface area contributed by atoms with E-state index >= 15 is 0 Å². The Balaban J connectivity index is 1.42. The van der Waals surface area contributed by atoms with Crippen molar-refractivity contribution in [2.24, 2.45) is 56.7 Å². The predicted molar refractivity (Wildman–Crippen MR) is 159 cm³/mol. The molecule has 0 saturated heterocycles. The maximum absolute atomic E-state index is 14.3. The minimum absolute atomic E-state index is 0.0992. The third-order valence-corrected chi connectivity index (χ3v) is 14.2. The molecular weight excluding hydrogens is 478 g/mol. The number of para-hydroxylation sites is 1. The molecule has 4 saturated carbocycles. The maximum atomic E-state index is 14.3. The Morgan fingerprint density at radius 1 is 0.872 bits per heavy atom. The lowest BCUT2D eigenvalue weighted by molar-refractivity contribution is -0.186. The van der Waals surface area contributed by atoms with Gasteiger partial charge in [-0.05, 0) is 109 Å². The van der Waals surface area contributed by atoms with Crippen LogP contribution in [-0.4, -0.2) is 11.7 Å². The summed E-state index contributed by atoms with van der Waals surface area (Å²) in [4.78, 5) is 27.3. The highest BCUT2D eigenvalue weighted by molar-refractivity contribution is 5.96. The van der Waals surface area contributed by atoms with E-state index in [1.807, 2.05) is 30.3 Å². The number of hydrogen-bond donors (Lipinski definition) is 1. The summed E-state index contributed by atoms with van der Waals surface area (Å²) in [5, 5.41) is 3.37. The molecule has 1 N–H and O–H groups in total. The molecule has 0 bridgehead atoms. The van der Waals surface area contributed by atoms with Crippen LogP contribution in [0.1, 0.15) is 106 Å². The second-order valence-electron chi connectivity index (χ2n) is 15.8. The Kier molecular flexibility index (Phi) is 6.15. The van der Waals surface area contributed by atoms with Crippen LogP contribution in [0.15, 0.2) is 42.0 Å². The second-order valence-corrected chi connectivity index (χ2v) is 15.8. The topological polar surface area (TPSA) is 46.2 Å². The summed E-state index contributed by atoms with van der Waals surface area (Å²) in [5.74, 6) is 3.20. The van der Waals surface area contributed by atoms with Gasteiger partial charge in [-0.25, -0.2) is 0 Å². The van der Waals surface area contributed by atoms with E-state index in [1.165, 1.54) is 6.42 Å². The van der Waals surface area contributed by atoms with Gasteiger partial charge in [0.25, 0.3) is 0 Å². The quantitative estimate of drug-likeness (QED) is 0.389. The number of benzene rings is 1. The van der Waals surface area contributed by atoms with Crippen LogP contribution in [0.3, 0.4) is 0 Å². The van der Waals surface area contributed by atoms with Crippen molar-refractivity contribution in [1.82, 2.24) is 0 Å². The van der Waals surface area contributed by atoms with E-state index < -0.39 is 0 Å². The minimum Gasteiger partial charge on any atom is -0.326 e. The van der Waals surface area contributed by atoms with Crippen LogP contribution < -0.4 is 5.32 Å². The third kappa shape index (κ3) is 3.53. The number of allylic oxidation sites excluding steroid dienone is 2. The molecule has 1 aromatic rings. The van der Waals surface area contributed by atoms with Gasteiger partial charge in [-0.1, -0.05) is 78.3 Å². The number of amides is 1. The lowest BCUT2D eigenvalue weighted by Crippen LogP contribution is -2.65. The molecule has 0 radical (unpaired) electrons. The number of Topliss-reactive ketones (excluding diaryl/α,β-unsaturated/α-hetero) is 1. The predicted octanol–water partition coefficient (Wildman–Crippen LogP) is 8.85. The fraction of sp³-hybridized carbons (Fsp3) is 0.722. The molecule has 1 amide bonds. The zero-order valence-corrected chi connectivity index (χ0v) is 25.5. The molecule has 1 aromatic carbocycles. The van der Waals surface area contributed by atoms with Gasteiger partial charge in [0.1, 0.15) is 5.78 Å². The normalized spacial score (nSPS) is 46.6. The zero-order chi connectivity index (χ0) is 28.0. The Bertz CT molecular complexity index is 1200. The number of fused-ring (bicyclic) bond motifs is 7. The summed E-state index contributed by atoms with van der Waals surface area (Å²) >= 11 is 0. The molecule has 3 heteroatoms. The van der Waals surface area contributed by atoms with Gasteiger partial charge in [0.05, 0.1) is 5.41 Å². The monoisotopic (exact) mass is 529 g/mol. The molecule has 0 aromatic heterocycles. The fourth-order valence-corrected chi connectivity index (χ4v) is 11.5. The smallest absolute Gasteiger partial charge is 0.231 e. The van der Waals surface area contributed by atoms with Crippen LogP contribution in [-0.2, 0) is 9.59 Å². The Labute approximate surface area is 237 Å². The summed E-state index contributed by atoms with van der Waals surface area (Å²) in [6.45, 7) is 17.1. The number of carbonyl (C=O) groups is 2. The van der Waals surface area contributed by atoms with Crippen molar-refractivity contribution in [2.45, 2.75) is 106 Å². The molecule has 212 valence electrons. The molecule has 4 fully saturated rings. The maximum Gasteiger partial charge on any atom is 0.231 e. The Hall–Kier alpha value is -1.90. The number of anilines is 1. The van der Waals surface area contributed by atoms with Crippen LogP contribution in [0.2, 0.25) is 0 Å². The van der Waals surface area contributed by atoms with Crippen molar-refractivity contribution in [2.75, 3.05) is 5.32 Å². The van der Waals surface area contributed by atoms with Crippen molar-refractivity contribution < 1.29 is 9.59 Å². The largest absolute Gasteiger partial charge is 0.326 e. The van der Waals surface area contributed by atoms with E-state index in [-0.39, 0.29) is 33.0 Å². The second kappa shape index (κ2) is 8.80.